The maximum absolute atomic E-state index is 13.6. The van der Waals surface area contributed by atoms with Gasteiger partial charge in [-0.2, -0.15) is 0 Å². The summed E-state index contributed by atoms with van der Waals surface area (Å²) in [6.07, 6.45) is 0. The summed E-state index contributed by atoms with van der Waals surface area (Å²) in [5.74, 6) is -2.39. The van der Waals surface area contributed by atoms with Gasteiger partial charge >= 0.3 is 0 Å². The third kappa shape index (κ3) is 3.01. The average molecular weight is 286 g/mol. The molecule has 0 bridgehead atoms. The van der Waals surface area contributed by atoms with E-state index >= 15 is 0 Å². The van der Waals surface area contributed by atoms with E-state index in [4.69, 9.17) is 11.6 Å². The van der Waals surface area contributed by atoms with Crippen molar-refractivity contribution in [2.45, 2.75) is 13.0 Å². The van der Waals surface area contributed by atoms with Crippen molar-refractivity contribution in [1.82, 2.24) is 0 Å². The van der Waals surface area contributed by atoms with E-state index in [1.807, 2.05) is 0 Å². The zero-order chi connectivity index (χ0) is 14.0. The summed E-state index contributed by atoms with van der Waals surface area (Å²) >= 11 is 5.57. The number of hydrogen-bond donors (Lipinski definition) is 1. The molecule has 1 N–H and O–H groups in total. The van der Waals surface area contributed by atoms with E-state index in [0.29, 0.717) is 5.69 Å². The normalized spacial score (nSPS) is 12.3. The molecular formula is C14H11ClF3N. The van der Waals surface area contributed by atoms with Crippen molar-refractivity contribution < 1.29 is 13.2 Å². The first-order chi connectivity index (χ1) is 8.99. The summed E-state index contributed by atoms with van der Waals surface area (Å²) in [6.45, 7) is 1.66. The summed E-state index contributed by atoms with van der Waals surface area (Å²) in [4.78, 5) is 0. The molecule has 5 heteroatoms. The van der Waals surface area contributed by atoms with Crippen LogP contribution in [0.2, 0.25) is 5.02 Å². The zero-order valence-electron chi connectivity index (χ0n) is 10.1. The standard InChI is InChI=1S/C14H11ClF3N/c1-8(10-3-2-4-12(16)14(10)18)19-9-5-6-11(15)13(17)7-9/h2-8,19H,1H3. The molecule has 0 aliphatic heterocycles. The van der Waals surface area contributed by atoms with Gasteiger partial charge in [-0.05, 0) is 31.2 Å². The van der Waals surface area contributed by atoms with Crippen molar-refractivity contribution in [3.05, 3.63) is 64.4 Å². The molecule has 2 aromatic carbocycles. The zero-order valence-corrected chi connectivity index (χ0v) is 10.8. The Morgan fingerprint density at radius 1 is 1.05 bits per heavy atom. The van der Waals surface area contributed by atoms with Crippen molar-refractivity contribution in [2.75, 3.05) is 5.32 Å². The molecule has 0 amide bonds. The molecule has 0 aromatic heterocycles. The van der Waals surface area contributed by atoms with Crippen molar-refractivity contribution in [1.29, 1.82) is 0 Å². The Bertz CT molecular complexity index is 601. The van der Waals surface area contributed by atoms with Gasteiger partial charge in [0.15, 0.2) is 11.6 Å². The van der Waals surface area contributed by atoms with Gasteiger partial charge in [-0.1, -0.05) is 23.7 Å². The fraction of sp³-hybridized carbons (Fsp3) is 0.143. The second kappa shape index (κ2) is 5.53. The second-order valence-corrected chi connectivity index (χ2v) is 4.55. The van der Waals surface area contributed by atoms with Gasteiger partial charge in [0.05, 0.1) is 11.1 Å². The minimum Gasteiger partial charge on any atom is -0.378 e. The Morgan fingerprint density at radius 2 is 1.79 bits per heavy atom. The summed E-state index contributed by atoms with van der Waals surface area (Å²) in [6, 6.07) is 7.61. The van der Waals surface area contributed by atoms with Crippen molar-refractivity contribution in [2.24, 2.45) is 0 Å². The molecular weight excluding hydrogens is 275 g/mol. The van der Waals surface area contributed by atoms with Crippen LogP contribution in [0, 0.1) is 17.5 Å². The van der Waals surface area contributed by atoms with E-state index in [1.54, 1.807) is 13.0 Å². The van der Waals surface area contributed by atoms with Gasteiger partial charge in [0, 0.05) is 11.3 Å². The fourth-order valence-corrected chi connectivity index (χ4v) is 1.89. The van der Waals surface area contributed by atoms with Crippen LogP contribution in [-0.2, 0) is 0 Å². The van der Waals surface area contributed by atoms with Crippen LogP contribution in [0.15, 0.2) is 36.4 Å². The molecule has 0 heterocycles. The maximum Gasteiger partial charge on any atom is 0.164 e. The molecule has 1 nitrogen and oxygen atoms in total. The lowest BCUT2D eigenvalue weighted by Gasteiger charge is -2.16. The Hall–Kier alpha value is -1.68. The third-order valence-electron chi connectivity index (χ3n) is 2.75. The van der Waals surface area contributed by atoms with Crippen LogP contribution in [0.3, 0.4) is 0 Å². The monoisotopic (exact) mass is 285 g/mol. The second-order valence-electron chi connectivity index (χ2n) is 4.14. The van der Waals surface area contributed by atoms with E-state index in [9.17, 15) is 13.2 Å². The molecule has 0 aliphatic carbocycles. The molecule has 0 fully saturated rings. The summed E-state index contributed by atoms with van der Waals surface area (Å²) in [5, 5.41) is 2.90. The Labute approximate surface area is 114 Å². The van der Waals surface area contributed by atoms with Gasteiger partial charge < -0.3 is 5.32 Å². The van der Waals surface area contributed by atoms with E-state index in [1.165, 1.54) is 24.3 Å². The molecule has 100 valence electrons. The summed E-state index contributed by atoms with van der Waals surface area (Å²) in [7, 11) is 0. The lowest BCUT2D eigenvalue weighted by atomic mass is 10.1. The van der Waals surface area contributed by atoms with Gasteiger partial charge in [0.2, 0.25) is 0 Å². The predicted octanol–water partition coefficient (Wildman–Crippen LogP) is 4.93. The van der Waals surface area contributed by atoms with Crippen LogP contribution >= 0.6 is 11.6 Å². The molecule has 0 radical (unpaired) electrons. The highest BCUT2D eigenvalue weighted by Crippen LogP contribution is 2.25. The molecule has 2 rings (SSSR count). The van der Waals surface area contributed by atoms with E-state index in [-0.39, 0.29) is 10.6 Å². The summed E-state index contributed by atoms with van der Waals surface area (Å²) in [5.41, 5.74) is 0.619. The number of halogens is 4. The van der Waals surface area contributed by atoms with E-state index < -0.39 is 23.5 Å². The van der Waals surface area contributed by atoms with Crippen molar-refractivity contribution in [3.8, 4) is 0 Å². The van der Waals surface area contributed by atoms with Crippen LogP contribution in [0.4, 0.5) is 18.9 Å². The first kappa shape index (κ1) is 13.7. The van der Waals surface area contributed by atoms with Gasteiger partial charge in [0.1, 0.15) is 5.82 Å². The van der Waals surface area contributed by atoms with Crippen LogP contribution in [-0.4, -0.2) is 0 Å². The molecule has 0 saturated carbocycles. The number of hydrogen-bond acceptors (Lipinski definition) is 1. The molecule has 2 aromatic rings. The van der Waals surface area contributed by atoms with Gasteiger partial charge in [-0.15, -0.1) is 0 Å². The molecule has 19 heavy (non-hydrogen) atoms. The van der Waals surface area contributed by atoms with Crippen molar-refractivity contribution >= 4 is 17.3 Å². The molecule has 1 atom stereocenters. The van der Waals surface area contributed by atoms with Crippen LogP contribution in [0.1, 0.15) is 18.5 Å². The molecule has 0 aliphatic rings. The number of rotatable bonds is 3. The van der Waals surface area contributed by atoms with Crippen LogP contribution in [0.5, 0.6) is 0 Å². The highest BCUT2D eigenvalue weighted by molar-refractivity contribution is 6.30. The Balaban J connectivity index is 2.23. The van der Waals surface area contributed by atoms with Gasteiger partial charge in [-0.3, -0.25) is 0 Å². The Morgan fingerprint density at radius 3 is 2.47 bits per heavy atom. The van der Waals surface area contributed by atoms with E-state index in [2.05, 4.69) is 5.32 Å². The Kier molecular flexibility index (Phi) is 4.00. The topological polar surface area (TPSA) is 12.0 Å². The summed E-state index contributed by atoms with van der Waals surface area (Å²) < 4.78 is 40.0. The lowest BCUT2D eigenvalue weighted by Crippen LogP contribution is -2.09. The van der Waals surface area contributed by atoms with Crippen molar-refractivity contribution in [3.63, 3.8) is 0 Å². The largest absolute Gasteiger partial charge is 0.378 e. The number of anilines is 1. The van der Waals surface area contributed by atoms with Crippen LogP contribution in [0.25, 0.3) is 0 Å². The smallest absolute Gasteiger partial charge is 0.164 e. The van der Waals surface area contributed by atoms with Gasteiger partial charge in [-0.25, -0.2) is 13.2 Å². The minimum absolute atomic E-state index is 0.00939. The first-order valence-corrected chi connectivity index (χ1v) is 6.02. The highest BCUT2D eigenvalue weighted by atomic mass is 35.5. The lowest BCUT2D eigenvalue weighted by molar-refractivity contribution is 0.494. The fourth-order valence-electron chi connectivity index (χ4n) is 1.77. The predicted molar refractivity (Wildman–Crippen MR) is 69.8 cm³/mol. The quantitative estimate of drug-likeness (QED) is 0.843. The number of benzene rings is 2. The molecule has 0 spiro atoms. The first-order valence-electron chi connectivity index (χ1n) is 5.64. The maximum atomic E-state index is 13.6. The third-order valence-corrected chi connectivity index (χ3v) is 3.06. The highest BCUT2D eigenvalue weighted by Gasteiger charge is 2.14. The number of nitrogens with one attached hydrogen (secondary N) is 1. The van der Waals surface area contributed by atoms with Gasteiger partial charge in [0.25, 0.3) is 0 Å². The molecule has 0 saturated heterocycles. The molecule has 1 unspecified atom stereocenters. The van der Waals surface area contributed by atoms with E-state index in [0.717, 1.165) is 6.07 Å². The van der Waals surface area contributed by atoms with Crippen LogP contribution < -0.4 is 5.32 Å². The average Bonchev–Trinajstić information content (AvgIpc) is 2.37. The minimum atomic E-state index is -0.909. The SMILES string of the molecule is CC(Nc1ccc(Cl)c(F)c1)c1cccc(F)c1F.